The molecule has 0 saturated carbocycles. The van der Waals surface area contributed by atoms with E-state index in [1.807, 2.05) is 0 Å². The second-order valence-electron chi connectivity index (χ2n) is 21.6. The summed E-state index contributed by atoms with van der Waals surface area (Å²) in [6, 6.07) is 0. The van der Waals surface area contributed by atoms with Crippen LogP contribution in [0.5, 0.6) is 0 Å². The Morgan fingerprint density at radius 3 is 0.823 bits per heavy atom. The molecule has 1 unspecified atom stereocenters. The third-order valence-electron chi connectivity index (χ3n) is 13.9. The predicted octanol–water partition coefficient (Wildman–Crippen LogP) is 22.8. The average molecular weight is 1100 g/mol. The van der Waals surface area contributed by atoms with Crippen LogP contribution >= 0.6 is 0 Å². The molecule has 0 aliphatic heterocycles. The lowest BCUT2D eigenvalue weighted by molar-refractivity contribution is -0.167. The van der Waals surface area contributed by atoms with E-state index in [1.165, 1.54) is 128 Å². The molecule has 0 aliphatic carbocycles. The minimum absolute atomic E-state index is 0.0898. The molecular formula is C73H122O6. The van der Waals surface area contributed by atoms with Gasteiger partial charge in [-0.3, -0.25) is 14.4 Å². The molecule has 0 rings (SSSR count). The van der Waals surface area contributed by atoms with Gasteiger partial charge in [-0.1, -0.05) is 277 Å². The lowest BCUT2D eigenvalue weighted by Crippen LogP contribution is -2.30. The van der Waals surface area contributed by atoms with Crippen LogP contribution in [0, 0.1) is 0 Å². The first-order valence-corrected chi connectivity index (χ1v) is 33.0. The van der Waals surface area contributed by atoms with Crippen LogP contribution in [-0.2, 0) is 28.6 Å². The van der Waals surface area contributed by atoms with Gasteiger partial charge in [0.05, 0.1) is 0 Å². The lowest BCUT2D eigenvalue weighted by atomic mass is 10.1. The number of ether oxygens (including phenoxy) is 3. The van der Waals surface area contributed by atoms with Crippen molar-refractivity contribution < 1.29 is 28.6 Å². The van der Waals surface area contributed by atoms with Crippen LogP contribution in [0.4, 0.5) is 0 Å². The molecule has 0 aromatic heterocycles. The van der Waals surface area contributed by atoms with Crippen LogP contribution in [0.3, 0.4) is 0 Å². The maximum atomic E-state index is 12.9. The van der Waals surface area contributed by atoms with Crippen molar-refractivity contribution in [3.05, 3.63) is 122 Å². The van der Waals surface area contributed by atoms with Crippen LogP contribution in [-0.4, -0.2) is 37.2 Å². The molecule has 0 fully saturated rings. The molecule has 450 valence electrons. The number of rotatable bonds is 59. The molecular weight excluding hydrogens is 973 g/mol. The number of unbranched alkanes of at least 4 members (excludes halogenated alkanes) is 28. The topological polar surface area (TPSA) is 78.9 Å². The summed E-state index contributed by atoms with van der Waals surface area (Å²) < 4.78 is 16.9. The third-order valence-corrected chi connectivity index (χ3v) is 13.9. The minimum atomic E-state index is -0.794. The summed E-state index contributed by atoms with van der Waals surface area (Å²) in [7, 11) is 0. The van der Waals surface area contributed by atoms with Crippen molar-refractivity contribution >= 4 is 17.9 Å². The summed E-state index contributed by atoms with van der Waals surface area (Å²) in [5.74, 6) is -0.911. The number of hydrogen-bond donors (Lipinski definition) is 0. The molecule has 6 nitrogen and oxygen atoms in total. The van der Waals surface area contributed by atoms with Crippen molar-refractivity contribution in [1.29, 1.82) is 0 Å². The van der Waals surface area contributed by atoms with E-state index in [1.54, 1.807) is 0 Å². The summed E-state index contributed by atoms with van der Waals surface area (Å²) in [6.45, 7) is 6.47. The van der Waals surface area contributed by atoms with Crippen LogP contribution in [0.1, 0.15) is 303 Å². The lowest BCUT2D eigenvalue weighted by Gasteiger charge is -2.18. The zero-order chi connectivity index (χ0) is 57.1. The summed E-state index contributed by atoms with van der Waals surface area (Å²) in [5.41, 5.74) is 0. The van der Waals surface area contributed by atoms with Gasteiger partial charge in [0, 0.05) is 19.3 Å². The molecule has 0 radical (unpaired) electrons. The number of carbonyl (C=O) groups excluding carboxylic acids is 3. The van der Waals surface area contributed by atoms with E-state index in [-0.39, 0.29) is 31.1 Å². The van der Waals surface area contributed by atoms with E-state index in [2.05, 4.69) is 142 Å². The standard InChI is InChI=1S/C73H122O6/c1-4-7-10-13-16-19-22-24-26-28-30-32-33-34-35-36-37-38-39-41-42-44-46-48-51-54-57-60-63-66-72(75)78-69-70(68-77-71(74)65-62-59-56-53-50-21-18-15-12-9-6-3)79-73(76)67-64-61-58-55-52-49-47-45-43-40-31-29-27-25-23-20-17-14-11-8-5-2/h7,10,15-16,18-19,23-26,29-32,34-35,37-38,43,45,70H,4-6,8-9,11-14,17,20-22,27-28,33,36,39-42,44,46-69H2,1-3H3/b10-7-,18-15-,19-16-,25-23-,26-24-,31-29-,32-30-,35-34-,38-37-,45-43-. The number of hydrogen-bond acceptors (Lipinski definition) is 6. The van der Waals surface area contributed by atoms with Gasteiger partial charge in [0.15, 0.2) is 6.10 Å². The fraction of sp³-hybridized carbons (Fsp3) is 0.685. The van der Waals surface area contributed by atoms with Gasteiger partial charge in [-0.25, -0.2) is 0 Å². The normalized spacial score (nSPS) is 12.9. The smallest absolute Gasteiger partial charge is 0.306 e. The van der Waals surface area contributed by atoms with E-state index in [0.29, 0.717) is 19.3 Å². The summed E-state index contributed by atoms with van der Waals surface area (Å²) >= 11 is 0. The number of esters is 3. The molecule has 0 amide bonds. The molecule has 0 aromatic rings. The first-order valence-electron chi connectivity index (χ1n) is 33.0. The van der Waals surface area contributed by atoms with Crippen molar-refractivity contribution in [2.45, 2.75) is 309 Å². The second-order valence-corrected chi connectivity index (χ2v) is 21.6. The van der Waals surface area contributed by atoms with E-state index in [0.717, 1.165) is 135 Å². The highest BCUT2D eigenvalue weighted by atomic mass is 16.6. The van der Waals surface area contributed by atoms with E-state index in [9.17, 15) is 14.4 Å². The van der Waals surface area contributed by atoms with Crippen LogP contribution in [0.25, 0.3) is 0 Å². The van der Waals surface area contributed by atoms with Crippen molar-refractivity contribution in [2.75, 3.05) is 13.2 Å². The highest BCUT2D eigenvalue weighted by Gasteiger charge is 2.19. The molecule has 1 atom stereocenters. The fourth-order valence-electron chi connectivity index (χ4n) is 8.96. The molecule has 0 N–H and O–H groups in total. The highest BCUT2D eigenvalue weighted by molar-refractivity contribution is 5.71. The average Bonchev–Trinajstić information content (AvgIpc) is 3.45. The van der Waals surface area contributed by atoms with Gasteiger partial charge in [0.1, 0.15) is 13.2 Å². The molecule has 0 aromatic carbocycles. The molecule has 0 spiro atoms. The van der Waals surface area contributed by atoms with Crippen molar-refractivity contribution in [1.82, 2.24) is 0 Å². The Bertz CT molecular complexity index is 1640. The van der Waals surface area contributed by atoms with Gasteiger partial charge in [-0.05, 0) is 128 Å². The molecule has 0 bridgehead atoms. The summed E-state index contributed by atoms with van der Waals surface area (Å²) in [4.78, 5) is 38.3. The molecule has 79 heavy (non-hydrogen) atoms. The second kappa shape index (κ2) is 66.3. The third kappa shape index (κ3) is 64.5. The van der Waals surface area contributed by atoms with Crippen molar-refractivity contribution in [3.63, 3.8) is 0 Å². The zero-order valence-electron chi connectivity index (χ0n) is 51.6. The van der Waals surface area contributed by atoms with Crippen LogP contribution in [0.15, 0.2) is 122 Å². The quantitative estimate of drug-likeness (QED) is 0.0261. The first kappa shape index (κ1) is 74.8. The molecule has 6 heteroatoms. The molecule has 0 saturated heterocycles. The number of allylic oxidation sites excluding steroid dienone is 20. The first-order chi connectivity index (χ1) is 39.0. The van der Waals surface area contributed by atoms with Gasteiger partial charge in [0.25, 0.3) is 0 Å². The Kier molecular flexibility index (Phi) is 62.8. The van der Waals surface area contributed by atoms with Gasteiger partial charge in [-0.2, -0.15) is 0 Å². The Hall–Kier alpha value is -4.19. The molecule has 0 heterocycles. The Morgan fingerprint density at radius 1 is 0.266 bits per heavy atom. The minimum Gasteiger partial charge on any atom is -0.462 e. The Morgan fingerprint density at radius 2 is 0.506 bits per heavy atom. The number of carbonyl (C=O) groups is 3. The fourth-order valence-corrected chi connectivity index (χ4v) is 8.96. The largest absolute Gasteiger partial charge is 0.462 e. The van der Waals surface area contributed by atoms with E-state index in [4.69, 9.17) is 14.2 Å². The Balaban J connectivity index is 4.30. The maximum Gasteiger partial charge on any atom is 0.306 e. The van der Waals surface area contributed by atoms with E-state index < -0.39 is 6.10 Å². The molecule has 0 aliphatic rings. The van der Waals surface area contributed by atoms with Gasteiger partial charge >= 0.3 is 17.9 Å². The predicted molar refractivity (Wildman–Crippen MR) is 343 cm³/mol. The highest BCUT2D eigenvalue weighted by Crippen LogP contribution is 2.15. The monoisotopic (exact) mass is 1090 g/mol. The summed E-state index contributed by atoms with van der Waals surface area (Å²) in [5, 5.41) is 0. The van der Waals surface area contributed by atoms with E-state index >= 15 is 0 Å². The van der Waals surface area contributed by atoms with Crippen molar-refractivity contribution in [2.24, 2.45) is 0 Å². The van der Waals surface area contributed by atoms with Gasteiger partial charge in [0.2, 0.25) is 0 Å². The van der Waals surface area contributed by atoms with Crippen LogP contribution < -0.4 is 0 Å². The zero-order valence-corrected chi connectivity index (χ0v) is 51.6. The maximum absolute atomic E-state index is 12.9. The van der Waals surface area contributed by atoms with Gasteiger partial charge < -0.3 is 14.2 Å². The SMILES string of the molecule is CC/C=C\C/C=C\C/C=C\C/C=C\C/C=C\C/C=C\CCCCCCCCCCCCC(=O)OCC(COC(=O)CCCCCCC/C=C\CCCC)OC(=O)CCCCCCCC/C=C\C/C=C\C/C=C\CCCCCCC. The van der Waals surface area contributed by atoms with Crippen LogP contribution in [0.2, 0.25) is 0 Å². The Labute approximate surface area is 488 Å². The summed E-state index contributed by atoms with van der Waals surface area (Å²) in [6.07, 6.45) is 92.1. The van der Waals surface area contributed by atoms with Crippen molar-refractivity contribution in [3.8, 4) is 0 Å². The van der Waals surface area contributed by atoms with Gasteiger partial charge in [-0.15, -0.1) is 0 Å².